The van der Waals surface area contributed by atoms with Crippen LogP contribution in [0.15, 0.2) is 35.2 Å². The molecule has 0 amide bonds. The van der Waals surface area contributed by atoms with Crippen LogP contribution in [0, 0.1) is 0 Å². The number of hydrogen-bond acceptors (Lipinski definition) is 4. The van der Waals surface area contributed by atoms with Gasteiger partial charge in [-0.3, -0.25) is 0 Å². The molecule has 1 atom stereocenters. The zero-order valence-corrected chi connectivity index (χ0v) is 13.1. The summed E-state index contributed by atoms with van der Waals surface area (Å²) in [6, 6.07) is 8.30. The van der Waals surface area contributed by atoms with Gasteiger partial charge in [-0.2, -0.15) is 4.31 Å². The minimum Gasteiger partial charge on any atom is -0.376 e. The third-order valence-electron chi connectivity index (χ3n) is 3.47. The number of pyridine rings is 1. The van der Waals surface area contributed by atoms with E-state index in [9.17, 15) is 8.42 Å². The van der Waals surface area contributed by atoms with E-state index in [4.69, 9.17) is 16.3 Å². The SMILES string of the molecule is CC1CN(S(=O)(=O)c2ccc3nc(Cl)ccc3c2)CCO1. The normalized spacial score (nSPS) is 20.8. The Labute approximate surface area is 128 Å². The van der Waals surface area contributed by atoms with E-state index in [1.54, 1.807) is 30.3 Å². The molecule has 2 heterocycles. The predicted octanol–water partition coefficient (Wildman–Crippen LogP) is 2.30. The molecule has 3 rings (SSSR count). The first kappa shape index (κ1) is 14.7. The monoisotopic (exact) mass is 326 g/mol. The van der Waals surface area contributed by atoms with Crippen LogP contribution in [0.2, 0.25) is 5.15 Å². The van der Waals surface area contributed by atoms with Crippen molar-refractivity contribution in [3.8, 4) is 0 Å². The van der Waals surface area contributed by atoms with Gasteiger partial charge < -0.3 is 4.74 Å². The number of halogens is 1. The van der Waals surface area contributed by atoms with Crippen molar-refractivity contribution >= 4 is 32.5 Å². The summed E-state index contributed by atoms with van der Waals surface area (Å²) in [5.74, 6) is 0. The van der Waals surface area contributed by atoms with Crippen LogP contribution in [0.5, 0.6) is 0 Å². The number of morpholine rings is 1. The highest BCUT2D eigenvalue weighted by Gasteiger charge is 2.29. The summed E-state index contributed by atoms with van der Waals surface area (Å²) in [5, 5.41) is 1.14. The van der Waals surface area contributed by atoms with Gasteiger partial charge in [0.1, 0.15) is 5.15 Å². The first-order valence-corrected chi connectivity index (χ1v) is 8.47. The topological polar surface area (TPSA) is 59.5 Å². The largest absolute Gasteiger partial charge is 0.376 e. The molecule has 1 saturated heterocycles. The Morgan fingerprint density at radius 2 is 2.14 bits per heavy atom. The highest BCUT2D eigenvalue weighted by molar-refractivity contribution is 7.89. The molecule has 2 aromatic rings. The molecular weight excluding hydrogens is 312 g/mol. The van der Waals surface area contributed by atoms with E-state index in [1.807, 2.05) is 6.92 Å². The number of nitrogens with zero attached hydrogens (tertiary/aromatic N) is 2. The minimum atomic E-state index is -3.50. The van der Waals surface area contributed by atoms with Crippen LogP contribution in [0.25, 0.3) is 10.9 Å². The lowest BCUT2D eigenvalue weighted by Gasteiger charge is -2.30. The van der Waals surface area contributed by atoms with Crippen LogP contribution in [-0.2, 0) is 14.8 Å². The third kappa shape index (κ3) is 2.89. The number of aromatic nitrogens is 1. The number of sulfonamides is 1. The van der Waals surface area contributed by atoms with Gasteiger partial charge in [0.2, 0.25) is 10.0 Å². The summed E-state index contributed by atoms with van der Waals surface area (Å²) in [5.41, 5.74) is 0.678. The average Bonchev–Trinajstić information content (AvgIpc) is 2.46. The lowest BCUT2D eigenvalue weighted by molar-refractivity contribution is 0.0102. The first-order valence-electron chi connectivity index (χ1n) is 6.65. The van der Waals surface area contributed by atoms with Crippen LogP contribution >= 0.6 is 11.6 Å². The van der Waals surface area contributed by atoms with Crippen LogP contribution in [0.1, 0.15) is 6.92 Å². The van der Waals surface area contributed by atoms with E-state index in [1.165, 1.54) is 4.31 Å². The quantitative estimate of drug-likeness (QED) is 0.795. The van der Waals surface area contributed by atoms with E-state index < -0.39 is 10.0 Å². The second kappa shape index (κ2) is 5.53. The van der Waals surface area contributed by atoms with Gasteiger partial charge in [0, 0.05) is 18.5 Å². The molecule has 21 heavy (non-hydrogen) atoms. The molecule has 1 aromatic carbocycles. The second-order valence-corrected chi connectivity index (χ2v) is 7.36. The Hall–Kier alpha value is -1.21. The van der Waals surface area contributed by atoms with Gasteiger partial charge in [-0.25, -0.2) is 13.4 Å². The highest BCUT2D eigenvalue weighted by atomic mass is 35.5. The predicted molar refractivity (Wildman–Crippen MR) is 80.9 cm³/mol. The van der Waals surface area contributed by atoms with Gasteiger partial charge in [0.05, 0.1) is 23.1 Å². The van der Waals surface area contributed by atoms with Crippen molar-refractivity contribution in [2.45, 2.75) is 17.9 Å². The van der Waals surface area contributed by atoms with Crippen LogP contribution in [0.4, 0.5) is 0 Å². The molecule has 112 valence electrons. The third-order valence-corrected chi connectivity index (χ3v) is 5.54. The van der Waals surface area contributed by atoms with E-state index in [-0.39, 0.29) is 11.0 Å². The Kier molecular flexibility index (Phi) is 3.88. The van der Waals surface area contributed by atoms with Gasteiger partial charge in [-0.15, -0.1) is 0 Å². The van der Waals surface area contributed by atoms with Crippen molar-refractivity contribution in [2.75, 3.05) is 19.7 Å². The number of ether oxygens (including phenoxy) is 1. The van der Waals surface area contributed by atoms with Crippen molar-refractivity contribution in [1.82, 2.24) is 9.29 Å². The average molecular weight is 327 g/mol. The van der Waals surface area contributed by atoms with Crippen molar-refractivity contribution in [3.05, 3.63) is 35.5 Å². The smallest absolute Gasteiger partial charge is 0.243 e. The molecular formula is C14H15ClN2O3S. The molecule has 5 nitrogen and oxygen atoms in total. The van der Waals surface area contributed by atoms with Crippen molar-refractivity contribution in [1.29, 1.82) is 0 Å². The fourth-order valence-electron chi connectivity index (χ4n) is 2.39. The molecule has 1 unspecified atom stereocenters. The number of hydrogen-bond donors (Lipinski definition) is 0. The molecule has 0 spiro atoms. The molecule has 1 aliphatic heterocycles. The molecule has 0 N–H and O–H groups in total. The summed E-state index contributed by atoms with van der Waals surface area (Å²) < 4.78 is 32.2. The number of benzene rings is 1. The maximum Gasteiger partial charge on any atom is 0.243 e. The zero-order chi connectivity index (χ0) is 15.0. The van der Waals surface area contributed by atoms with Crippen LogP contribution in [0.3, 0.4) is 0 Å². The van der Waals surface area contributed by atoms with E-state index in [0.717, 1.165) is 5.39 Å². The maximum atomic E-state index is 12.7. The standard InChI is InChI=1S/C14H15ClN2O3S/c1-10-9-17(6-7-20-10)21(18,19)12-3-4-13-11(8-12)2-5-14(15)16-13/h2-5,8,10H,6-7,9H2,1H3. The van der Waals surface area contributed by atoms with Crippen molar-refractivity contribution in [2.24, 2.45) is 0 Å². The summed E-state index contributed by atoms with van der Waals surface area (Å²) in [7, 11) is -3.50. The lowest BCUT2D eigenvalue weighted by Crippen LogP contribution is -2.44. The van der Waals surface area contributed by atoms with E-state index >= 15 is 0 Å². The van der Waals surface area contributed by atoms with Gasteiger partial charge in [-0.05, 0) is 37.3 Å². The summed E-state index contributed by atoms with van der Waals surface area (Å²) in [6.45, 7) is 3.04. The summed E-state index contributed by atoms with van der Waals surface area (Å²) in [6.07, 6.45) is -0.0885. The Bertz CT molecular complexity index is 779. The minimum absolute atomic E-state index is 0.0885. The van der Waals surface area contributed by atoms with Crippen LogP contribution in [-0.4, -0.2) is 43.5 Å². The van der Waals surface area contributed by atoms with Gasteiger partial charge in [-0.1, -0.05) is 11.6 Å². The Morgan fingerprint density at radius 3 is 2.90 bits per heavy atom. The summed E-state index contributed by atoms with van der Waals surface area (Å²) >= 11 is 5.83. The molecule has 0 saturated carbocycles. The second-order valence-electron chi connectivity index (χ2n) is 5.03. The molecule has 0 bridgehead atoms. The van der Waals surface area contributed by atoms with Gasteiger partial charge in [0.25, 0.3) is 0 Å². The van der Waals surface area contributed by atoms with Gasteiger partial charge >= 0.3 is 0 Å². The van der Waals surface area contributed by atoms with Gasteiger partial charge in [0.15, 0.2) is 0 Å². The van der Waals surface area contributed by atoms with Crippen molar-refractivity contribution in [3.63, 3.8) is 0 Å². The molecule has 0 aliphatic carbocycles. The molecule has 1 aliphatic rings. The number of fused-ring (bicyclic) bond motifs is 1. The lowest BCUT2D eigenvalue weighted by atomic mass is 10.2. The number of rotatable bonds is 2. The fourth-order valence-corrected chi connectivity index (χ4v) is 4.08. The Morgan fingerprint density at radius 1 is 1.33 bits per heavy atom. The zero-order valence-electron chi connectivity index (χ0n) is 11.5. The maximum absolute atomic E-state index is 12.7. The Balaban J connectivity index is 2.00. The molecule has 7 heteroatoms. The molecule has 1 fully saturated rings. The summed E-state index contributed by atoms with van der Waals surface area (Å²) in [4.78, 5) is 4.43. The highest BCUT2D eigenvalue weighted by Crippen LogP contribution is 2.23. The van der Waals surface area contributed by atoms with E-state index in [0.29, 0.717) is 30.4 Å². The van der Waals surface area contributed by atoms with Crippen molar-refractivity contribution < 1.29 is 13.2 Å². The van der Waals surface area contributed by atoms with Crippen LogP contribution < -0.4 is 0 Å². The fraction of sp³-hybridized carbons (Fsp3) is 0.357. The molecule has 0 radical (unpaired) electrons. The molecule has 1 aromatic heterocycles. The first-order chi connectivity index (χ1) is 9.96. The van der Waals surface area contributed by atoms with E-state index in [2.05, 4.69) is 4.98 Å².